The lowest BCUT2D eigenvalue weighted by molar-refractivity contribution is -0.125. The summed E-state index contributed by atoms with van der Waals surface area (Å²) in [5.41, 5.74) is 8.11. The molecule has 2 aromatic rings. The molecule has 2 rings (SSSR count). The summed E-state index contributed by atoms with van der Waals surface area (Å²) in [6.07, 6.45) is 0.242. The molecular formula is C20H25N3O2. The van der Waals surface area contributed by atoms with Crippen molar-refractivity contribution in [1.29, 1.82) is 0 Å². The first kappa shape index (κ1) is 18.7. The van der Waals surface area contributed by atoms with E-state index < -0.39 is 0 Å². The summed E-state index contributed by atoms with van der Waals surface area (Å²) in [6.45, 7) is 2.58. The quantitative estimate of drug-likeness (QED) is 0.689. The minimum atomic E-state index is -0.367. The topological polar surface area (TPSA) is 84.2 Å². The molecule has 2 atom stereocenters. The van der Waals surface area contributed by atoms with Gasteiger partial charge in [-0.2, -0.15) is 0 Å². The minimum absolute atomic E-state index is 0.0934. The highest BCUT2D eigenvalue weighted by Crippen LogP contribution is 2.18. The first-order valence-corrected chi connectivity index (χ1v) is 8.47. The molecular weight excluding hydrogens is 314 g/mol. The van der Waals surface area contributed by atoms with Crippen LogP contribution in [0, 0.1) is 5.92 Å². The lowest BCUT2D eigenvalue weighted by Crippen LogP contribution is -2.37. The molecule has 0 aliphatic carbocycles. The van der Waals surface area contributed by atoms with Crippen molar-refractivity contribution >= 4 is 11.8 Å². The second-order valence-corrected chi connectivity index (χ2v) is 6.03. The molecule has 0 fully saturated rings. The monoisotopic (exact) mass is 339 g/mol. The lowest BCUT2D eigenvalue weighted by atomic mass is 9.95. The van der Waals surface area contributed by atoms with Gasteiger partial charge in [0.15, 0.2) is 0 Å². The Morgan fingerprint density at radius 3 is 2.20 bits per heavy atom. The van der Waals surface area contributed by atoms with Crippen LogP contribution >= 0.6 is 0 Å². The van der Waals surface area contributed by atoms with E-state index in [0.717, 1.165) is 11.1 Å². The van der Waals surface area contributed by atoms with Crippen molar-refractivity contribution in [2.45, 2.75) is 25.9 Å². The van der Waals surface area contributed by atoms with Gasteiger partial charge in [-0.3, -0.25) is 9.59 Å². The van der Waals surface area contributed by atoms with Gasteiger partial charge in [-0.25, -0.2) is 0 Å². The Kier molecular flexibility index (Phi) is 7.16. The van der Waals surface area contributed by atoms with Crippen LogP contribution in [0.15, 0.2) is 60.7 Å². The molecule has 0 aliphatic heterocycles. The maximum atomic E-state index is 12.2. The van der Waals surface area contributed by atoms with E-state index in [9.17, 15) is 9.59 Å². The Morgan fingerprint density at radius 2 is 1.56 bits per heavy atom. The molecule has 25 heavy (non-hydrogen) atoms. The van der Waals surface area contributed by atoms with Crippen LogP contribution in [-0.4, -0.2) is 18.4 Å². The van der Waals surface area contributed by atoms with Crippen LogP contribution in [0.4, 0.5) is 0 Å². The van der Waals surface area contributed by atoms with E-state index in [1.807, 2.05) is 60.7 Å². The van der Waals surface area contributed by atoms with Crippen LogP contribution in [0.3, 0.4) is 0 Å². The molecule has 0 spiro atoms. The summed E-state index contributed by atoms with van der Waals surface area (Å²) in [4.78, 5) is 24.0. The normalized spacial score (nSPS) is 12.9. The number of rotatable bonds is 8. The van der Waals surface area contributed by atoms with Gasteiger partial charge in [-0.1, -0.05) is 67.6 Å². The number of nitrogens with two attached hydrogens (primary N) is 1. The molecule has 0 aromatic heterocycles. The van der Waals surface area contributed by atoms with Gasteiger partial charge in [0.1, 0.15) is 0 Å². The van der Waals surface area contributed by atoms with Crippen LogP contribution in [-0.2, 0) is 16.1 Å². The predicted octanol–water partition coefficient (Wildman–Crippen LogP) is 2.15. The van der Waals surface area contributed by atoms with E-state index in [0.29, 0.717) is 13.1 Å². The van der Waals surface area contributed by atoms with Crippen molar-refractivity contribution in [3.8, 4) is 0 Å². The first-order chi connectivity index (χ1) is 12.1. The van der Waals surface area contributed by atoms with Gasteiger partial charge in [-0.05, 0) is 11.1 Å². The fourth-order valence-corrected chi connectivity index (χ4v) is 2.47. The molecule has 0 saturated carbocycles. The summed E-state index contributed by atoms with van der Waals surface area (Å²) >= 11 is 0. The number of carbonyl (C=O) groups is 2. The number of carbonyl (C=O) groups excluding carboxylic acids is 2. The summed E-state index contributed by atoms with van der Waals surface area (Å²) in [7, 11) is 0. The van der Waals surface area contributed by atoms with Crippen molar-refractivity contribution in [2.75, 3.05) is 6.54 Å². The van der Waals surface area contributed by atoms with Crippen LogP contribution < -0.4 is 16.4 Å². The van der Waals surface area contributed by atoms with Crippen LogP contribution in [0.2, 0.25) is 0 Å². The molecule has 5 heteroatoms. The molecule has 2 unspecified atom stereocenters. The van der Waals surface area contributed by atoms with E-state index in [-0.39, 0.29) is 30.2 Å². The second-order valence-electron chi connectivity index (χ2n) is 6.03. The Bertz CT molecular complexity index is 674. The highest BCUT2D eigenvalue weighted by molar-refractivity contribution is 5.80. The average Bonchev–Trinajstić information content (AvgIpc) is 2.66. The molecule has 0 radical (unpaired) electrons. The van der Waals surface area contributed by atoms with Crippen molar-refractivity contribution in [3.05, 3.63) is 71.8 Å². The molecule has 0 heterocycles. The lowest BCUT2D eigenvalue weighted by Gasteiger charge is -2.19. The number of nitrogens with one attached hydrogen (secondary N) is 2. The highest BCUT2D eigenvalue weighted by Gasteiger charge is 2.21. The second kappa shape index (κ2) is 9.59. The summed E-state index contributed by atoms with van der Waals surface area (Å²) in [5, 5.41) is 5.62. The molecule has 5 nitrogen and oxygen atoms in total. The summed E-state index contributed by atoms with van der Waals surface area (Å²) in [5.74, 6) is -0.605. The minimum Gasteiger partial charge on any atom is -0.355 e. The fraction of sp³-hybridized carbons (Fsp3) is 0.300. The van der Waals surface area contributed by atoms with Gasteiger partial charge in [0.05, 0.1) is 5.92 Å². The molecule has 2 aromatic carbocycles. The zero-order valence-electron chi connectivity index (χ0n) is 14.4. The van der Waals surface area contributed by atoms with Gasteiger partial charge in [0, 0.05) is 25.6 Å². The van der Waals surface area contributed by atoms with E-state index in [1.165, 1.54) is 0 Å². The third-order valence-corrected chi connectivity index (χ3v) is 4.12. The fourth-order valence-electron chi connectivity index (χ4n) is 2.47. The largest absolute Gasteiger partial charge is 0.355 e. The van der Waals surface area contributed by atoms with E-state index >= 15 is 0 Å². The SMILES string of the molecule is CC(C(=O)NCCC(=O)NCc1ccccc1)C(N)c1ccccc1. The van der Waals surface area contributed by atoms with Gasteiger partial charge in [0.25, 0.3) is 0 Å². The third kappa shape index (κ3) is 6.04. The zero-order chi connectivity index (χ0) is 18.1. The van der Waals surface area contributed by atoms with E-state index in [1.54, 1.807) is 6.92 Å². The van der Waals surface area contributed by atoms with Crippen LogP contribution in [0.5, 0.6) is 0 Å². The van der Waals surface area contributed by atoms with Crippen molar-refractivity contribution < 1.29 is 9.59 Å². The molecule has 0 bridgehead atoms. The van der Waals surface area contributed by atoms with Crippen molar-refractivity contribution in [2.24, 2.45) is 11.7 Å². The molecule has 0 aliphatic rings. The molecule has 4 N–H and O–H groups in total. The van der Waals surface area contributed by atoms with Crippen molar-refractivity contribution in [1.82, 2.24) is 10.6 Å². The summed E-state index contributed by atoms with van der Waals surface area (Å²) in [6, 6.07) is 18.9. The first-order valence-electron chi connectivity index (χ1n) is 8.47. The highest BCUT2D eigenvalue weighted by atomic mass is 16.2. The van der Waals surface area contributed by atoms with Gasteiger partial charge in [0.2, 0.25) is 11.8 Å². The Morgan fingerprint density at radius 1 is 0.960 bits per heavy atom. The average molecular weight is 339 g/mol. The number of amides is 2. The molecule has 2 amide bonds. The van der Waals surface area contributed by atoms with Gasteiger partial charge >= 0.3 is 0 Å². The predicted molar refractivity (Wildman–Crippen MR) is 98.4 cm³/mol. The van der Waals surface area contributed by atoms with Crippen molar-refractivity contribution in [3.63, 3.8) is 0 Å². The summed E-state index contributed by atoms with van der Waals surface area (Å²) < 4.78 is 0. The molecule has 132 valence electrons. The maximum Gasteiger partial charge on any atom is 0.224 e. The van der Waals surface area contributed by atoms with Crippen LogP contribution in [0.1, 0.15) is 30.5 Å². The zero-order valence-corrected chi connectivity index (χ0v) is 14.4. The smallest absolute Gasteiger partial charge is 0.224 e. The Labute approximate surface area is 148 Å². The van der Waals surface area contributed by atoms with E-state index in [4.69, 9.17) is 5.73 Å². The van der Waals surface area contributed by atoms with E-state index in [2.05, 4.69) is 10.6 Å². The number of hydrogen-bond donors (Lipinski definition) is 3. The van der Waals surface area contributed by atoms with Gasteiger partial charge < -0.3 is 16.4 Å². The number of hydrogen-bond acceptors (Lipinski definition) is 3. The Balaban J connectivity index is 1.69. The number of benzene rings is 2. The van der Waals surface area contributed by atoms with Crippen LogP contribution in [0.25, 0.3) is 0 Å². The maximum absolute atomic E-state index is 12.2. The van der Waals surface area contributed by atoms with Gasteiger partial charge in [-0.15, -0.1) is 0 Å². The molecule has 0 saturated heterocycles. The Hall–Kier alpha value is -2.66. The standard InChI is InChI=1S/C20H25N3O2/c1-15(19(21)17-10-6-3-7-11-17)20(25)22-13-12-18(24)23-14-16-8-4-2-5-9-16/h2-11,15,19H,12-14,21H2,1H3,(H,22,25)(H,23,24). The third-order valence-electron chi connectivity index (χ3n) is 4.12.